The first-order valence-electron chi connectivity index (χ1n) is 7.39. The van der Waals surface area contributed by atoms with E-state index >= 15 is 0 Å². The molecule has 0 N–H and O–H groups in total. The van der Waals surface area contributed by atoms with Crippen molar-refractivity contribution in [2.45, 2.75) is 85.5 Å². The summed E-state index contributed by atoms with van der Waals surface area (Å²) in [5.41, 5.74) is 0.616. The molecular formula is C16H32. The van der Waals surface area contributed by atoms with E-state index in [0.29, 0.717) is 5.41 Å². The highest BCUT2D eigenvalue weighted by molar-refractivity contribution is 4.90. The summed E-state index contributed by atoms with van der Waals surface area (Å²) >= 11 is 0. The maximum Gasteiger partial charge on any atom is -0.0263 e. The molecule has 0 amide bonds. The summed E-state index contributed by atoms with van der Waals surface area (Å²) in [6, 6.07) is 0. The second-order valence-corrected chi connectivity index (χ2v) is 5.19. The number of hydrogen-bond acceptors (Lipinski definition) is 0. The lowest BCUT2D eigenvalue weighted by molar-refractivity contribution is 0.210. The third-order valence-electron chi connectivity index (χ3n) is 3.57. The van der Waals surface area contributed by atoms with Crippen molar-refractivity contribution in [2.75, 3.05) is 0 Å². The number of unbranched alkanes of at least 4 members (excludes halogenated alkanes) is 1. The third kappa shape index (κ3) is 6.35. The summed E-state index contributed by atoms with van der Waals surface area (Å²) in [7, 11) is 0. The second-order valence-electron chi connectivity index (χ2n) is 5.19. The first-order chi connectivity index (χ1) is 7.74. The Hall–Kier alpha value is -0.260. The van der Waals surface area contributed by atoms with Gasteiger partial charge in [-0.3, -0.25) is 0 Å². The highest BCUT2D eigenvalue weighted by Crippen LogP contribution is 2.39. The molecule has 0 bridgehead atoms. The molecule has 0 aliphatic heterocycles. The first-order valence-corrected chi connectivity index (χ1v) is 7.39. The van der Waals surface area contributed by atoms with Crippen LogP contribution in [0, 0.1) is 5.41 Å². The number of rotatable bonds is 10. The molecule has 0 aromatic rings. The Morgan fingerprint density at radius 2 is 1.38 bits per heavy atom. The predicted octanol–water partition coefficient (Wildman–Crippen LogP) is 6.12. The quantitative estimate of drug-likeness (QED) is 0.392. The molecule has 0 heterocycles. The van der Waals surface area contributed by atoms with E-state index in [2.05, 4.69) is 39.8 Å². The topological polar surface area (TPSA) is 0 Å². The van der Waals surface area contributed by atoms with Crippen LogP contribution in [0.3, 0.4) is 0 Å². The van der Waals surface area contributed by atoms with Crippen molar-refractivity contribution in [2.24, 2.45) is 5.41 Å². The molecule has 96 valence electrons. The van der Waals surface area contributed by atoms with Crippen LogP contribution in [0.1, 0.15) is 85.5 Å². The maximum atomic E-state index is 2.43. The van der Waals surface area contributed by atoms with E-state index < -0.39 is 0 Å². The monoisotopic (exact) mass is 224 g/mol. The standard InChI is InChI=1S/C16H32/c1-5-9-11-15-16(12-7-3,13-8-4)14-10-6-2/h9,11H,5-8,10,12-15H2,1-4H3. The Kier molecular flexibility index (Phi) is 9.77. The van der Waals surface area contributed by atoms with Crippen molar-refractivity contribution in [3.63, 3.8) is 0 Å². The molecular weight excluding hydrogens is 192 g/mol. The van der Waals surface area contributed by atoms with Gasteiger partial charge in [-0.2, -0.15) is 0 Å². The molecule has 0 saturated heterocycles. The van der Waals surface area contributed by atoms with Crippen LogP contribution >= 0.6 is 0 Å². The maximum absolute atomic E-state index is 2.43. The number of hydrogen-bond donors (Lipinski definition) is 0. The minimum absolute atomic E-state index is 0.616. The Morgan fingerprint density at radius 3 is 1.81 bits per heavy atom. The van der Waals surface area contributed by atoms with E-state index in [-0.39, 0.29) is 0 Å². The van der Waals surface area contributed by atoms with Gasteiger partial charge >= 0.3 is 0 Å². The normalized spacial score (nSPS) is 12.5. The summed E-state index contributed by atoms with van der Waals surface area (Å²) in [5.74, 6) is 0. The van der Waals surface area contributed by atoms with Gasteiger partial charge < -0.3 is 0 Å². The van der Waals surface area contributed by atoms with Gasteiger partial charge in [-0.15, -0.1) is 0 Å². The molecule has 0 radical (unpaired) electrons. The third-order valence-corrected chi connectivity index (χ3v) is 3.57. The SMILES string of the molecule is CCC=CCC(CCC)(CCC)CCCC. The van der Waals surface area contributed by atoms with Gasteiger partial charge in [0.15, 0.2) is 0 Å². The van der Waals surface area contributed by atoms with Crippen LogP contribution < -0.4 is 0 Å². The van der Waals surface area contributed by atoms with Gasteiger partial charge in [0, 0.05) is 0 Å². The molecule has 0 heteroatoms. The van der Waals surface area contributed by atoms with Crippen molar-refractivity contribution in [3.8, 4) is 0 Å². The predicted molar refractivity (Wildman–Crippen MR) is 75.8 cm³/mol. The molecule has 0 unspecified atom stereocenters. The molecule has 0 nitrogen and oxygen atoms in total. The van der Waals surface area contributed by atoms with Gasteiger partial charge in [-0.25, -0.2) is 0 Å². The lowest BCUT2D eigenvalue weighted by Crippen LogP contribution is -2.20. The lowest BCUT2D eigenvalue weighted by atomic mass is 9.73. The van der Waals surface area contributed by atoms with Crippen LogP contribution in [0.4, 0.5) is 0 Å². The van der Waals surface area contributed by atoms with Gasteiger partial charge in [-0.05, 0) is 37.5 Å². The molecule has 0 spiro atoms. The molecule has 0 aliphatic rings. The highest BCUT2D eigenvalue weighted by Gasteiger charge is 2.25. The van der Waals surface area contributed by atoms with Gasteiger partial charge in [0.05, 0.1) is 0 Å². The molecule has 0 aromatic carbocycles. The molecule has 0 aromatic heterocycles. The zero-order valence-corrected chi connectivity index (χ0v) is 12.0. The average Bonchev–Trinajstić information content (AvgIpc) is 2.27. The minimum Gasteiger partial charge on any atom is -0.0888 e. The van der Waals surface area contributed by atoms with Crippen LogP contribution in [0.25, 0.3) is 0 Å². The number of allylic oxidation sites excluding steroid dienone is 2. The first kappa shape index (κ1) is 15.7. The largest absolute Gasteiger partial charge is 0.0888 e. The molecule has 0 fully saturated rings. The van der Waals surface area contributed by atoms with E-state index in [1.807, 2.05) is 0 Å². The Morgan fingerprint density at radius 1 is 0.750 bits per heavy atom. The van der Waals surface area contributed by atoms with Crippen LogP contribution in [0.5, 0.6) is 0 Å². The van der Waals surface area contributed by atoms with E-state index in [4.69, 9.17) is 0 Å². The molecule has 0 atom stereocenters. The van der Waals surface area contributed by atoms with Gasteiger partial charge in [-0.1, -0.05) is 65.5 Å². The zero-order valence-electron chi connectivity index (χ0n) is 12.0. The van der Waals surface area contributed by atoms with Gasteiger partial charge in [0.2, 0.25) is 0 Å². The Labute approximate surface area is 104 Å². The van der Waals surface area contributed by atoms with Gasteiger partial charge in [0.1, 0.15) is 0 Å². The Bertz CT molecular complexity index is 161. The van der Waals surface area contributed by atoms with Gasteiger partial charge in [0.25, 0.3) is 0 Å². The Balaban J connectivity index is 4.42. The van der Waals surface area contributed by atoms with Crippen molar-refractivity contribution in [3.05, 3.63) is 12.2 Å². The van der Waals surface area contributed by atoms with E-state index in [1.165, 1.54) is 57.8 Å². The fraction of sp³-hybridized carbons (Fsp3) is 0.875. The summed E-state index contributed by atoms with van der Waals surface area (Å²) < 4.78 is 0. The van der Waals surface area contributed by atoms with E-state index in [9.17, 15) is 0 Å². The summed E-state index contributed by atoms with van der Waals surface area (Å²) in [6.45, 7) is 9.20. The van der Waals surface area contributed by atoms with Crippen molar-refractivity contribution in [1.82, 2.24) is 0 Å². The van der Waals surface area contributed by atoms with Crippen molar-refractivity contribution < 1.29 is 0 Å². The zero-order chi connectivity index (χ0) is 12.3. The molecule has 0 aliphatic carbocycles. The molecule has 0 saturated carbocycles. The second kappa shape index (κ2) is 9.93. The minimum atomic E-state index is 0.616. The van der Waals surface area contributed by atoms with Crippen LogP contribution in [0.15, 0.2) is 12.2 Å². The summed E-state index contributed by atoms with van der Waals surface area (Å²) in [6.07, 6.45) is 16.9. The lowest BCUT2D eigenvalue weighted by Gasteiger charge is -2.33. The van der Waals surface area contributed by atoms with Crippen LogP contribution in [-0.4, -0.2) is 0 Å². The van der Waals surface area contributed by atoms with E-state index in [1.54, 1.807) is 0 Å². The fourth-order valence-corrected chi connectivity index (χ4v) is 2.79. The smallest absolute Gasteiger partial charge is 0.0263 e. The van der Waals surface area contributed by atoms with Crippen LogP contribution in [0.2, 0.25) is 0 Å². The average molecular weight is 224 g/mol. The van der Waals surface area contributed by atoms with E-state index in [0.717, 1.165) is 0 Å². The molecule has 16 heavy (non-hydrogen) atoms. The fourth-order valence-electron chi connectivity index (χ4n) is 2.79. The van der Waals surface area contributed by atoms with Crippen LogP contribution in [-0.2, 0) is 0 Å². The van der Waals surface area contributed by atoms with Crippen molar-refractivity contribution in [1.29, 1.82) is 0 Å². The summed E-state index contributed by atoms with van der Waals surface area (Å²) in [5, 5.41) is 0. The highest BCUT2D eigenvalue weighted by atomic mass is 14.3. The summed E-state index contributed by atoms with van der Waals surface area (Å²) in [4.78, 5) is 0. The van der Waals surface area contributed by atoms with Crippen molar-refractivity contribution >= 4 is 0 Å². The molecule has 0 rings (SSSR count).